The third-order valence-corrected chi connectivity index (χ3v) is 5.50. The zero-order chi connectivity index (χ0) is 21.1. The fourth-order valence-corrected chi connectivity index (χ4v) is 3.80. The molecule has 6 heteroatoms. The van der Waals surface area contributed by atoms with Crippen LogP contribution in [0.4, 0.5) is 0 Å². The summed E-state index contributed by atoms with van der Waals surface area (Å²) >= 11 is 0. The Bertz CT molecular complexity index is 1030. The van der Waals surface area contributed by atoms with Crippen molar-refractivity contribution in [1.29, 1.82) is 0 Å². The molecule has 2 heterocycles. The molecule has 3 aromatic rings. The normalized spacial score (nSPS) is 13.3. The fourth-order valence-electron chi connectivity index (χ4n) is 3.80. The third kappa shape index (κ3) is 4.32. The molecule has 30 heavy (non-hydrogen) atoms. The molecular weight excluding hydrogens is 378 g/mol. The summed E-state index contributed by atoms with van der Waals surface area (Å²) in [6.07, 6.45) is 1.79. The van der Waals surface area contributed by atoms with Crippen LogP contribution < -0.4 is 9.47 Å². The third-order valence-electron chi connectivity index (χ3n) is 5.50. The van der Waals surface area contributed by atoms with E-state index in [0.29, 0.717) is 12.2 Å². The van der Waals surface area contributed by atoms with Crippen LogP contribution in [0.2, 0.25) is 0 Å². The highest BCUT2D eigenvalue weighted by molar-refractivity contribution is 5.93. The molecule has 0 radical (unpaired) electrons. The van der Waals surface area contributed by atoms with Crippen LogP contribution in [0, 0.1) is 6.92 Å². The highest BCUT2D eigenvalue weighted by atomic mass is 16.7. The van der Waals surface area contributed by atoms with E-state index >= 15 is 0 Å². The van der Waals surface area contributed by atoms with Gasteiger partial charge in [-0.2, -0.15) is 5.10 Å². The van der Waals surface area contributed by atoms with Gasteiger partial charge >= 0.3 is 0 Å². The van der Waals surface area contributed by atoms with E-state index in [1.165, 1.54) is 5.56 Å². The lowest BCUT2D eigenvalue weighted by atomic mass is 10.0. The number of hydrogen-bond donors (Lipinski definition) is 0. The van der Waals surface area contributed by atoms with Crippen LogP contribution in [-0.4, -0.2) is 33.4 Å². The monoisotopic (exact) mass is 405 g/mol. The van der Waals surface area contributed by atoms with Crippen LogP contribution in [0.3, 0.4) is 0 Å². The number of hydrogen-bond acceptors (Lipinski definition) is 4. The van der Waals surface area contributed by atoms with Gasteiger partial charge in [-0.25, -0.2) is 0 Å². The van der Waals surface area contributed by atoms with E-state index in [-0.39, 0.29) is 18.7 Å². The Morgan fingerprint density at radius 2 is 1.87 bits per heavy atom. The van der Waals surface area contributed by atoms with E-state index in [2.05, 4.69) is 24.2 Å². The molecule has 0 aliphatic carbocycles. The van der Waals surface area contributed by atoms with E-state index < -0.39 is 0 Å². The lowest BCUT2D eigenvalue weighted by molar-refractivity contribution is 0.0656. The van der Waals surface area contributed by atoms with Crippen LogP contribution in [0.5, 0.6) is 11.5 Å². The Labute approximate surface area is 177 Å². The maximum Gasteiger partial charge on any atom is 0.272 e. The molecule has 1 aromatic heterocycles. The molecule has 0 bridgehead atoms. The van der Waals surface area contributed by atoms with Crippen molar-refractivity contribution >= 4 is 5.91 Å². The number of aryl methyl sites for hydroxylation is 3. The number of benzene rings is 2. The summed E-state index contributed by atoms with van der Waals surface area (Å²) in [5.74, 6) is 1.46. The second-order valence-electron chi connectivity index (χ2n) is 7.79. The summed E-state index contributed by atoms with van der Waals surface area (Å²) in [5.41, 5.74) is 3.72. The maximum atomic E-state index is 13.5. The molecular formula is C24H27N3O3. The zero-order valence-corrected chi connectivity index (χ0v) is 17.7. The molecule has 0 fully saturated rings. The minimum atomic E-state index is -0.0173. The Balaban J connectivity index is 1.56. The van der Waals surface area contributed by atoms with Gasteiger partial charge in [0.1, 0.15) is 5.69 Å². The van der Waals surface area contributed by atoms with E-state index in [4.69, 9.17) is 9.47 Å². The molecule has 156 valence electrons. The summed E-state index contributed by atoms with van der Waals surface area (Å²) in [5, 5.41) is 4.35. The summed E-state index contributed by atoms with van der Waals surface area (Å²) in [7, 11) is 1.81. The van der Waals surface area contributed by atoms with Crippen LogP contribution in [0.15, 0.2) is 54.6 Å². The summed E-state index contributed by atoms with van der Waals surface area (Å²) < 4.78 is 12.6. The van der Waals surface area contributed by atoms with Crippen molar-refractivity contribution in [3.8, 4) is 11.5 Å². The largest absolute Gasteiger partial charge is 0.454 e. The molecule has 0 saturated heterocycles. The number of carbonyl (C=O) groups is 1. The topological polar surface area (TPSA) is 56.6 Å². The van der Waals surface area contributed by atoms with Crippen LogP contribution in [0.25, 0.3) is 0 Å². The van der Waals surface area contributed by atoms with Crippen molar-refractivity contribution in [3.05, 3.63) is 77.1 Å². The number of fused-ring (bicyclic) bond motifs is 1. The zero-order valence-electron chi connectivity index (χ0n) is 17.7. The minimum Gasteiger partial charge on any atom is -0.454 e. The molecule has 0 saturated carbocycles. The van der Waals surface area contributed by atoms with Gasteiger partial charge in [0.15, 0.2) is 11.5 Å². The van der Waals surface area contributed by atoms with Gasteiger partial charge in [0.2, 0.25) is 6.79 Å². The second kappa shape index (κ2) is 8.61. The first kappa shape index (κ1) is 20.0. The lowest BCUT2D eigenvalue weighted by Gasteiger charge is -2.29. The molecule has 1 aliphatic heterocycles. The van der Waals surface area contributed by atoms with Crippen molar-refractivity contribution in [2.24, 2.45) is 7.05 Å². The molecule has 0 spiro atoms. The minimum absolute atomic E-state index is 0.0173. The number of amides is 1. The Hall–Kier alpha value is -3.28. The maximum absolute atomic E-state index is 13.5. The van der Waals surface area contributed by atoms with E-state index in [0.717, 1.165) is 35.6 Å². The average Bonchev–Trinajstić information content (AvgIpc) is 3.35. The molecule has 0 N–H and O–H groups in total. The number of rotatable bonds is 7. The van der Waals surface area contributed by atoms with Crippen molar-refractivity contribution in [3.63, 3.8) is 0 Å². The average molecular weight is 405 g/mol. The molecule has 0 unspecified atom stereocenters. The van der Waals surface area contributed by atoms with Crippen LogP contribution in [-0.2, 0) is 20.0 Å². The van der Waals surface area contributed by atoms with Crippen molar-refractivity contribution < 1.29 is 14.3 Å². The quantitative estimate of drug-likeness (QED) is 0.593. The van der Waals surface area contributed by atoms with Gasteiger partial charge in [-0.1, -0.05) is 36.4 Å². The van der Waals surface area contributed by atoms with Gasteiger partial charge in [0, 0.05) is 19.6 Å². The highest BCUT2D eigenvalue weighted by Crippen LogP contribution is 2.33. The smallest absolute Gasteiger partial charge is 0.272 e. The second-order valence-corrected chi connectivity index (χ2v) is 7.79. The number of ether oxygens (including phenoxy) is 2. The highest BCUT2D eigenvalue weighted by Gasteiger charge is 2.25. The predicted molar refractivity (Wildman–Crippen MR) is 115 cm³/mol. The Morgan fingerprint density at radius 3 is 2.60 bits per heavy atom. The number of nitrogens with zero attached hydrogens (tertiary/aromatic N) is 3. The molecule has 2 aromatic carbocycles. The molecule has 4 rings (SSSR count). The fraction of sp³-hybridized carbons (Fsp3) is 0.333. The number of aromatic nitrogens is 2. The number of carbonyl (C=O) groups excluding carboxylic acids is 1. The first-order valence-corrected chi connectivity index (χ1v) is 10.3. The van der Waals surface area contributed by atoms with Gasteiger partial charge in [0.25, 0.3) is 5.91 Å². The van der Waals surface area contributed by atoms with Crippen LogP contribution >= 0.6 is 0 Å². The summed E-state index contributed by atoms with van der Waals surface area (Å²) in [6.45, 7) is 4.74. The molecule has 1 aliphatic rings. The standard InChI is InChI=1S/C24H27N3O3/c1-17-13-21(26(3)25-17)24(28)27(18(2)9-10-19-7-5-4-6-8-19)15-20-11-12-22-23(14-20)30-16-29-22/h4-8,11-14,18H,9-10,15-16H2,1-3H3/t18-/m1/s1. The Morgan fingerprint density at radius 1 is 1.10 bits per heavy atom. The van der Waals surface area contributed by atoms with E-state index in [1.807, 2.05) is 61.3 Å². The van der Waals surface area contributed by atoms with Gasteiger partial charge in [-0.3, -0.25) is 9.48 Å². The van der Waals surface area contributed by atoms with Crippen LogP contribution in [0.1, 0.15) is 40.7 Å². The van der Waals surface area contributed by atoms with Crippen molar-refractivity contribution in [2.45, 2.75) is 39.3 Å². The van der Waals surface area contributed by atoms with Gasteiger partial charge in [0.05, 0.1) is 5.69 Å². The van der Waals surface area contributed by atoms with E-state index in [1.54, 1.807) is 4.68 Å². The van der Waals surface area contributed by atoms with E-state index in [9.17, 15) is 4.79 Å². The van der Waals surface area contributed by atoms with Gasteiger partial charge < -0.3 is 14.4 Å². The summed E-state index contributed by atoms with van der Waals surface area (Å²) in [4.78, 5) is 15.4. The van der Waals surface area contributed by atoms with Crippen molar-refractivity contribution in [2.75, 3.05) is 6.79 Å². The Kier molecular flexibility index (Phi) is 5.74. The SMILES string of the molecule is Cc1cc(C(=O)N(Cc2ccc3c(c2)OCO3)[C@H](C)CCc2ccccc2)n(C)n1. The molecule has 1 atom stereocenters. The predicted octanol–water partition coefficient (Wildman–Crippen LogP) is 4.12. The molecule has 6 nitrogen and oxygen atoms in total. The van der Waals surface area contributed by atoms with Gasteiger partial charge in [-0.15, -0.1) is 0 Å². The summed E-state index contributed by atoms with van der Waals surface area (Å²) in [6, 6.07) is 18.1. The first-order valence-electron chi connectivity index (χ1n) is 10.3. The van der Waals surface area contributed by atoms with Gasteiger partial charge in [-0.05, 0) is 56.0 Å². The first-order chi connectivity index (χ1) is 14.5. The van der Waals surface area contributed by atoms with Crippen molar-refractivity contribution in [1.82, 2.24) is 14.7 Å². The lowest BCUT2D eigenvalue weighted by Crippen LogP contribution is -2.39. The molecule has 1 amide bonds.